The number of aromatic nitrogens is 3. The second-order valence-electron chi connectivity index (χ2n) is 10.9. The number of imidazole rings is 1. The van der Waals surface area contributed by atoms with Crippen molar-refractivity contribution in [1.29, 1.82) is 0 Å². The van der Waals surface area contributed by atoms with Gasteiger partial charge in [-0.15, -0.1) is 0 Å². The molecule has 1 aliphatic heterocycles. The van der Waals surface area contributed by atoms with Crippen LogP contribution in [0, 0.1) is 0 Å². The molecule has 1 saturated heterocycles. The maximum Gasteiger partial charge on any atom is 0.248 e. The van der Waals surface area contributed by atoms with Gasteiger partial charge in [0.1, 0.15) is 5.69 Å². The minimum atomic E-state index is -2.56. The third kappa shape index (κ3) is 4.47. The first kappa shape index (κ1) is 22.6. The molecule has 0 bridgehead atoms. The molecule has 4 rings (SSSR count). The molecule has 172 valence electrons. The van der Waals surface area contributed by atoms with Gasteiger partial charge in [0, 0.05) is 49.5 Å². The lowest BCUT2D eigenvalue weighted by Gasteiger charge is -2.44. The van der Waals surface area contributed by atoms with Gasteiger partial charge in [0.2, 0.25) is 5.92 Å². The molecule has 2 aromatic heterocycles. The van der Waals surface area contributed by atoms with E-state index in [4.69, 9.17) is 10.1 Å². The van der Waals surface area contributed by atoms with E-state index in [2.05, 4.69) is 44.8 Å². The molecule has 31 heavy (non-hydrogen) atoms. The number of hydrogen-bond acceptors (Lipinski definition) is 5. The number of piperazine rings is 1. The van der Waals surface area contributed by atoms with Crippen molar-refractivity contribution in [2.45, 2.75) is 89.3 Å². The van der Waals surface area contributed by atoms with Gasteiger partial charge in [0.15, 0.2) is 11.9 Å². The van der Waals surface area contributed by atoms with E-state index in [0.717, 1.165) is 36.5 Å². The zero-order valence-corrected chi connectivity index (χ0v) is 19.3. The Kier molecular flexibility index (Phi) is 5.63. The third-order valence-corrected chi connectivity index (χ3v) is 6.83. The maximum atomic E-state index is 13.7. The molecule has 1 aliphatic carbocycles. The largest absolute Gasteiger partial charge is 0.372 e. The Morgan fingerprint density at radius 3 is 2.52 bits per heavy atom. The number of aliphatic hydroxyl groups excluding tert-OH is 1. The number of rotatable bonds is 3. The van der Waals surface area contributed by atoms with Crippen LogP contribution in [0.1, 0.15) is 89.4 Å². The van der Waals surface area contributed by atoms with Crippen molar-refractivity contribution in [3.63, 3.8) is 0 Å². The Morgan fingerprint density at radius 2 is 1.90 bits per heavy atom. The fourth-order valence-electron chi connectivity index (χ4n) is 4.84. The number of aliphatic hydroxyl groups is 1. The summed E-state index contributed by atoms with van der Waals surface area (Å²) in [6.45, 7) is 12.9. The Hall–Kier alpha value is -1.64. The molecule has 0 spiro atoms. The zero-order valence-electron chi connectivity index (χ0n) is 19.3. The van der Waals surface area contributed by atoms with Crippen molar-refractivity contribution in [1.82, 2.24) is 24.8 Å². The van der Waals surface area contributed by atoms with Crippen molar-refractivity contribution in [3.05, 3.63) is 29.2 Å². The van der Waals surface area contributed by atoms with Crippen molar-refractivity contribution >= 4 is 5.65 Å². The van der Waals surface area contributed by atoms with Crippen molar-refractivity contribution in [2.75, 3.05) is 19.6 Å². The highest BCUT2D eigenvalue weighted by atomic mass is 19.3. The average molecular weight is 436 g/mol. The van der Waals surface area contributed by atoms with E-state index in [1.807, 2.05) is 6.07 Å². The number of halogens is 2. The number of nitrogens with one attached hydrogen (secondary N) is 1. The van der Waals surface area contributed by atoms with Crippen LogP contribution < -0.4 is 5.32 Å². The summed E-state index contributed by atoms with van der Waals surface area (Å²) in [5, 5.41) is 19.3. The van der Waals surface area contributed by atoms with Crippen LogP contribution in [0.4, 0.5) is 8.78 Å². The lowest BCUT2D eigenvalue weighted by atomic mass is 9.82. The minimum absolute atomic E-state index is 0.0213. The number of hydrogen-bond donors (Lipinski definition) is 2. The van der Waals surface area contributed by atoms with Crippen molar-refractivity contribution in [2.24, 2.45) is 0 Å². The van der Waals surface area contributed by atoms with E-state index in [-0.39, 0.29) is 29.7 Å². The molecular formula is C23H35F2N5O. The van der Waals surface area contributed by atoms with E-state index in [0.29, 0.717) is 18.5 Å². The normalized spacial score (nSPS) is 23.9. The fourth-order valence-corrected chi connectivity index (χ4v) is 4.84. The first-order chi connectivity index (χ1) is 14.4. The summed E-state index contributed by atoms with van der Waals surface area (Å²) < 4.78 is 29.1. The Balaban J connectivity index is 1.72. The van der Waals surface area contributed by atoms with Crippen LogP contribution in [0.2, 0.25) is 0 Å². The Morgan fingerprint density at radius 1 is 1.23 bits per heavy atom. The smallest absolute Gasteiger partial charge is 0.248 e. The van der Waals surface area contributed by atoms with Crippen molar-refractivity contribution < 1.29 is 13.9 Å². The Bertz CT molecular complexity index is 939. The molecule has 0 aromatic carbocycles. The quantitative estimate of drug-likeness (QED) is 0.763. The van der Waals surface area contributed by atoms with Gasteiger partial charge in [-0.3, -0.25) is 4.90 Å². The molecule has 2 aliphatic rings. The lowest BCUT2D eigenvalue weighted by molar-refractivity contribution is -0.0726. The average Bonchev–Trinajstić information content (AvgIpc) is 3.09. The number of fused-ring (bicyclic) bond motifs is 1. The van der Waals surface area contributed by atoms with Crippen LogP contribution >= 0.6 is 0 Å². The number of nitrogens with zero attached hydrogens (tertiary/aromatic N) is 4. The topological polar surface area (TPSA) is 65.7 Å². The fraction of sp³-hybridized carbons (Fsp3) is 0.739. The van der Waals surface area contributed by atoms with Gasteiger partial charge in [-0.1, -0.05) is 20.8 Å². The van der Waals surface area contributed by atoms with Gasteiger partial charge in [-0.25, -0.2) is 18.3 Å². The molecule has 1 atom stereocenters. The van der Waals surface area contributed by atoms with Crippen LogP contribution in [0.3, 0.4) is 0 Å². The second-order valence-corrected chi connectivity index (χ2v) is 10.9. The molecule has 8 heteroatoms. The van der Waals surface area contributed by atoms with Crippen molar-refractivity contribution in [3.8, 4) is 0 Å². The number of alkyl halides is 2. The predicted molar refractivity (Wildman–Crippen MR) is 116 cm³/mol. The second kappa shape index (κ2) is 7.74. The standard InChI is InChI=1S/C23H35F2N5O/c1-21(2,3)16-12-17(15-6-8-23(24,25)9-7-15)28-30-13-18(27-19(16)30)20(31)29-11-10-26-14-22(29,4)5/h12-13,15,20,26,31H,6-11,14H2,1-5H3. The predicted octanol–water partition coefficient (Wildman–Crippen LogP) is 3.99. The van der Waals surface area contributed by atoms with E-state index in [1.54, 1.807) is 10.7 Å². The summed E-state index contributed by atoms with van der Waals surface area (Å²) in [6.07, 6.45) is 1.67. The van der Waals surface area contributed by atoms with Crippen LogP contribution in [0.25, 0.3) is 5.65 Å². The molecule has 2 fully saturated rings. The summed E-state index contributed by atoms with van der Waals surface area (Å²) in [7, 11) is 0. The van der Waals surface area contributed by atoms with Gasteiger partial charge >= 0.3 is 0 Å². The maximum absolute atomic E-state index is 13.7. The van der Waals surface area contributed by atoms with Crippen LogP contribution in [-0.4, -0.2) is 55.7 Å². The first-order valence-corrected chi connectivity index (χ1v) is 11.3. The van der Waals surface area contributed by atoms with Gasteiger partial charge in [-0.05, 0) is 38.2 Å². The molecule has 1 saturated carbocycles. The molecule has 3 heterocycles. The SMILES string of the molecule is CC(C)(C)c1cc(C2CCC(F)(F)CC2)nn2cc(C(O)N3CCNCC3(C)C)nc12. The summed E-state index contributed by atoms with van der Waals surface area (Å²) in [5.74, 6) is -2.54. The van der Waals surface area contributed by atoms with E-state index >= 15 is 0 Å². The minimum Gasteiger partial charge on any atom is -0.372 e. The summed E-state index contributed by atoms with van der Waals surface area (Å²) >= 11 is 0. The molecule has 2 N–H and O–H groups in total. The van der Waals surface area contributed by atoms with E-state index < -0.39 is 12.2 Å². The first-order valence-electron chi connectivity index (χ1n) is 11.3. The molecule has 1 unspecified atom stereocenters. The van der Waals surface area contributed by atoms with Gasteiger partial charge in [0.05, 0.1) is 11.9 Å². The van der Waals surface area contributed by atoms with E-state index in [1.165, 1.54) is 0 Å². The summed E-state index contributed by atoms with van der Waals surface area (Å²) in [5.41, 5.74) is 2.76. The highest BCUT2D eigenvalue weighted by Gasteiger charge is 2.38. The third-order valence-electron chi connectivity index (χ3n) is 6.83. The lowest BCUT2D eigenvalue weighted by Crippen LogP contribution is -2.58. The van der Waals surface area contributed by atoms with Gasteiger partial charge in [-0.2, -0.15) is 5.10 Å². The summed E-state index contributed by atoms with van der Waals surface area (Å²) in [4.78, 5) is 6.86. The molecular weight excluding hydrogens is 400 g/mol. The molecule has 0 amide bonds. The van der Waals surface area contributed by atoms with Gasteiger partial charge in [0.25, 0.3) is 0 Å². The summed E-state index contributed by atoms with van der Waals surface area (Å²) in [6, 6.07) is 2.04. The van der Waals surface area contributed by atoms with Crippen LogP contribution in [-0.2, 0) is 5.41 Å². The zero-order chi connectivity index (χ0) is 22.6. The Labute approximate surface area is 183 Å². The molecule has 6 nitrogen and oxygen atoms in total. The highest BCUT2D eigenvalue weighted by Crippen LogP contribution is 2.41. The van der Waals surface area contributed by atoms with Crippen LogP contribution in [0.15, 0.2) is 12.3 Å². The van der Waals surface area contributed by atoms with Crippen LogP contribution in [0.5, 0.6) is 0 Å². The van der Waals surface area contributed by atoms with Gasteiger partial charge < -0.3 is 10.4 Å². The highest BCUT2D eigenvalue weighted by molar-refractivity contribution is 5.52. The molecule has 0 radical (unpaired) electrons. The molecule has 2 aromatic rings. The van der Waals surface area contributed by atoms with E-state index in [9.17, 15) is 13.9 Å². The monoisotopic (exact) mass is 435 g/mol.